The number of hydrogen-bond acceptors (Lipinski definition) is 8. The first-order chi connectivity index (χ1) is 14.6. The van der Waals surface area contributed by atoms with Crippen molar-refractivity contribution < 1.29 is 19.3 Å². The third kappa shape index (κ3) is 3.58. The lowest BCUT2D eigenvalue weighted by molar-refractivity contribution is 0.282. The first-order valence-electron chi connectivity index (χ1n) is 8.83. The molecule has 0 aliphatic rings. The molecule has 156 valence electrons. The Bertz CT molecular complexity index is 1180. The van der Waals surface area contributed by atoms with Crippen molar-refractivity contribution >= 4 is 29.0 Å². The molecule has 1 aromatic carbocycles. The molecule has 0 radical (unpaired) electrons. The van der Waals surface area contributed by atoms with Gasteiger partial charge in [0.1, 0.15) is 12.0 Å². The number of rotatable bonds is 7. The zero-order chi connectivity index (χ0) is 21.3. The fourth-order valence-electron chi connectivity index (χ4n) is 3.06. The van der Waals surface area contributed by atoms with Crippen LogP contribution >= 0.6 is 11.6 Å². The lowest BCUT2D eigenvalue weighted by Gasteiger charge is -2.14. The van der Waals surface area contributed by atoms with Gasteiger partial charge in [0.05, 0.1) is 39.8 Å². The second-order valence-electron chi connectivity index (χ2n) is 6.23. The summed E-state index contributed by atoms with van der Waals surface area (Å²) in [5, 5.41) is 12.6. The van der Waals surface area contributed by atoms with Crippen LogP contribution in [0, 0.1) is 0 Å². The molecular weight excluding hydrogens is 412 g/mol. The van der Waals surface area contributed by atoms with Gasteiger partial charge in [-0.1, -0.05) is 0 Å². The van der Waals surface area contributed by atoms with Gasteiger partial charge < -0.3 is 29.2 Å². The van der Waals surface area contributed by atoms with E-state index in [0.29, 0.717) is 40.2 Å². The number of nitrogens with zero attached hydrogens (tertiary/aromatic N) is 5. The number of benzene rings is 1. The van der Waals surface area contributed by atoms with Crippen LogP contribution in [0.1, 0.15) is 5.56 Å². The Morgan fingerprint density at radius 3 is 2.40 bits per heavy atom. The number of halogens is 1. The number of aliphatic hydroxyl groups excluding tert-OH is 1. The lowest BCUT2D eigenvalue weighted by atomic mass is 10.2. The molecule has 0 bridgehead atoms. The normalized spacial score (nSPS) is 11.0. The van der Waals surface area contributed by atoms with Crippen LogP contribution in [-0.2, 0) is 6.61 Å². The van der Waals surface area contributed by atoms with Gasteiger partial charge >= 0.3 is 0 Å². The van der Waals surface area contributed by atoms with Crippen LogP contribution in [0.15, 0.2) is 36.9 Å². The van der Waals surface area contributed by atoms with E-state index in [1.165, 1.54) is 0 Å². The van der Waals surface area contributed by atoms with E-state index in [2.05, 4.69) is 20.3 Å². The maximum atomic E-state index is 9.38. The summed E-state index contributed by atoms with van der Waals surface area (Å²) in [5.74, 6) is 2.51. The predicted octanol–water partition coefficient (Wildman–Crippen LogP) is 2.83. The number of hydrogen-bond donors (Lipinski definition) is 2. The summed E-state index contributed by atoms with van der Waals surface area (Å²) in [6, 6.07) is 5.35. The van der Waals surface area contributed by atoms with Crippen LogP contribution in [-0.4, -0.2) is 50.4 Å². The maximum absolute atomic E-state index is 9.38. The average Bonchev–Trinajstić information content (AvgIpc) is 3.39. The van der Waals surface area contributed by atoms with Gasteiger partial charge in [-0.2, -0.15) is 9.97 Å². The third-order valence-corrected chi connectivity index (χ3v) is 4.61. The van der Waals surface area contributed by atoms with Crippen LogP contribution in [0.25, 0.3) is 11.3 Å². The number of imidazole rings is 1. The van der Waals surface area contributed by atoms with Crippen molar-refractivity contribution in [2.24, 2.45) is 0 Å². The summed E-state index contributed by atoms with van der Waals surface area (Å²) in [7, 11) is 4.67. The van der Waals surface area contributed by atoms with Gasteiger partial charge in [0, 0.05) is 18.3 Å². The molecular formula is C19H19ClN6O4. The summed E-state index contributed by atoms with van der Waals surface area (Å²) in [6.45, 7) is -0.115. The van der Waals surface area contributed by atoms with Gasteiger partial charge in [0.2, 0.25) is 17.0 Å². The van der Waals surface area contributed by atoms with Crippen LogP contribution in [0.5, 0.6) is 17.2 Å². The molecule has 3 heterocycles. The molecule has 2 N–H and O–H groups in total. The van der Waals surface area contributed by atoms with Gasteiger partial charge in [-0.3, -0.25) is 4.40 Å². The molecule has 4 rings (SSSR count). The van der Waals surface area contributed by atoms with Gasteiger partial charge in [-0.05, 0) is 23.2 Å². The number of anilines is 2. The highest BCUT2D eigenvalue weighted by Gasteiger charge is 2.15. The van der Waals surface area contributed by atoms with E-state index in [-0.39, 0.29) is 11.9 Å². The fourth-order valence-corrected chi connectivity index (χ4v) is 3.22. The maximum Gasteiger partial charge on any atom is 0.227 e. The highest BCUT2D eigenvalue weighted by Crippen LogP contribution is 2.39. The van der Waals surface area contributed by atoms with E-state index in [9.17, 15) is 5.11 Å². The number of nitrogens with one attached hydrogen (secondary N) is 1. The average molecular weight is 431 g/mol. The zero-order valence-electron chi connectivity index (χ0n) is 16.5. The summed E-state index contributed by atoms with van der Waals surface area (Å²) >= 11 is 6.04. The highest BCUT2D eigenvalue weighted by molar-refractivity contribution is 6.28. The number of aromatic nitrogens is 5. The van der Waals surface area contributed by atoms with Crippen molar-refractivity contribution in [1.82, 2.24) is 23.9 Å². The first kappa shape index (κ1) is 19.8. The van der Waals surface area contributed by atoms with E-state index in [0.717, 1.165) is 5.69 Å². The van der Waals surface area contributed by atoms with Crippen molar-refractivity contribution in [3.05, 3.63) is 47.8 Å². The Balaban J connectivity index is 1.69. The Morgan fingerprint density at radius 2 is 1.77 bits per heavy atom. The smallest absolute Gasteiger partial charge is 0.227 e. The molecule has 0 unspecified atom stereocenters. The van der Waals surface area contributed by atoms with Crippen molar-refractivity contribution in [1.29, 1.82) is 0 Å². The minimum absolute atomic E-state index is 0.0802. The molecule has 0 spiro atoms. The quantitative estimate of drug-likeness (QED) is 0.461. The molecule has 0 atom stereocenters. The van der Waals surface area contributed by atoms with Crippen molar-refractivity contribution in [2.45, 2.75) is 6.61 Å². The second kappa shape index (κ2) is 8.09. The Labute approximate surface area is 176 Å². The number of methoxy groups -OCH3 is 3. The van der Waals surface area contributed by atoms with Crippen molar-refractivity contribution in [2.75, 3.05) is 26.6 Å². The monoisotopic (exact) mass is 430 g/mol. The Hall–Kier alpha value is -3.50. The number of aliphatic hydroxyl groups is 1. The van der Waals surface area contributed by atoms with Crippen LogP contribution < -0.4 is 19.5 Å². The highest BCUT2D eigenvalue weighted by atomic mass is 35.5. The van der Waals surface area contributed by atoms with Crippen LogP contribution in [0.3, 0.4) is 0 Å². The molecule has 10 nitrogen and oxygen atoms in total. The van der Waals surface area contributed by atoms with Crippen LogP contribution in [0.4, 0.5) is 11.8 Å². The van der Waals surface area contributed by atoms with Gasteiger partial charge in [0.15, 0.2) is 17.3 Å². The number of ether oxygens (including phenoxy) is 3. The Morgan fingerprint density at radius 1 is 1.03 bits per heavy atom. The Kier molecular flexibility index (Phi) is 5.34. The fraction of sp³-hybridized carbons (Fsp3) is 0.211. The van der Waals surface area contributed by atoms with E-state index < -0.39 is 0 Å². The minimum atomic E-state index is -0.115. The van der Waals surface area contributed by atoms with E-state index >= 15 is 0 Å². The molecule has 0 aliphatic carbocycles. The topological polar surface area (TPSA) is 108 Å². The lowest BCUT2D eigenvalue weighted by Crippen LogP contribution is -2.03. The van der Waals surface area contributed by atoms with E-state index in [1.54, 1.807) is 55.1 Å². The molecule has 0 saturated carbocycles. The SMILES string of the molecule is COc1cc(-n2cnc(Nc3nc(Cl)nc4cc(CO)cn34)c2)cc(OC)c1OC. The van der Waals surface area contributed by atoms with Gasteiger partial charge in [0.25, 0.3) is 0 Å². The summed E-state index contributed by atoms with van der Waals surface area (Å²) in [4.78, 5) is 12.8. The summed E-state index contributed by atoms with van der Waals surface area (Å²) < 4.78 is 19.7. The van der Waals surface area contributed by atoms with Gasteiger partial charge in [-0.15, -0.1) is 0 Å². The third-order valence-electron chi connectivity index (χ3n) is 4.44. The predicted molar refractivity (Wildman–Crippen MR) is 110 cm³/mol. The molecule has 4 aromatic rings. The molecule has 0 amide bonds. The van der Waals surface area contributed by atoms with Crippen LogP contribution in [0.2, 0.25) is 5.28 Å². The zero-order valence-corrected chi connectivity index (χ0v) is 17.2. The van der Waals surface area contributed by atoms with Crippen molar-refractivity contribution in [3.63, 3.8) is 0 Å². The molecule has 0 saturated heterocycles. The van der Waals surface area contributed by atoms with Gasteiger partial charge in [-0.25, -0.2) is 4.98 Å². The molecule has 3 aromatic heterocycles. The largest absolute Gasteiger partial charge is 0.493 e. The molecule has 11 heteroatoms. The minimum Gasteiger partial charge on any atom is -0.493 e. The molecule has 30 heavy (non-hydrogen) atoms. The van der Waals surface area contributed by atoms with E-state index in [4.69, 9.17) is 25.8 Å². The molecule has 0 fully saturated rings. The second-order valence-corrected chi connectivity index (χ2v) is 6.56. The van der Waals surface area contributed by atoms with Crippen molar-refractivity contribution in [3.8, 4) is 22.9 Å². The summed E-state index contributed by atoms with van der Waals surface area (Å²) in [6.07, 6.45) is 5.14. The molecule has 0 aliphatic heterocycles. The summed E-state index contributed by atoms with van der Waals surface area (Å²) in [5.41, 5.74) is 2.02. The first-order valence-corrected chi connectivity index (χ1v) is 9.20. The number of fused-ring (bicyclic) bond motifs is 1. The standard InChI is InChI=1S/C19H19ClN6O4/c1-28-13-5-12(6-14(29-2)17(13)30-3)25-8-15(21-10-25)22-19-24-18(20)23-16-4-11(9-27)7-26(16)19/h4-8,10,27H,9H2,1-3H3,(H,22,23,24). The van der Waals surface area contributed by atoms with E-state index in [1.807, 2.05) is 12.1 Å².